The summed E-state index contributed by atoms with van der Waals surface area (Å²) >= 11 is 1.45. The lowest BCUT2D eigenvalue weighted by molar-refractivity contribution is -0.153. The van der Waals surface area contributed by atoms with E-state index in [1.54, 1.807) is 0 Å². The number of aliphatic hydroxyl groups is 1. The van der Waals surface area contributed by atoms with Gasteiger partial charge in [-0.05, 0) is 6.26 Å². The molecule has 58 valence electrons. The van der Waals surface area contributed by atoms with Gasteiger partial charge in [0.25, 0.3) is 0 Å². The van der Waals surface area contributed by atoms with Crippen LogP contribution < -0.4 is 0 Å². The van der Waals surface area contributed by atoms with Crippen LogP contribution in [-0.2, 0) is 9.53 Å². The highest BCUT2D eigenvalue weighted by Gasteiger charge is 2.25. The van der Waals surface area contributed by atoms with Crippen molar-refractivity contribution in [1.29, 1.82) is 0 Å². The molecule has 0 radical (unpaired) electrons. The van der Waals surface area contributed by atoms with Crippen LogP contribution in [0.3, 0.4) is 0 Å². The zero-order chi connectivity index (χ0) is 7.56. The number of thioether (sulfide) groups is 1. The van der Waals surface area contributed by atoms with Crippen LogP contribution in [0.15, 0.2) is 0 Å². The summed E-state index contributed by atoms with van der Waals surface area (Å²) in [7, 11) is 0. The highest BCUT2D eigenvalue weighted by atomic mass is 32.2. The number of aliphatic hydroxyl groups excluding tert-OH is 1. The number of hydrogen-bond acceptors (Lipinski definition) is 4. The molecule has 1 aliphatic rings. The molecule has 1 fully saturated rings. The molecule has 10 heavy (non-hydrogen) atoms. The van der Waals surface area contributed by atoms with Gasteiger partial charge in [0, 0.05) is 6.42 Å². The Labute approximate surface area is 63.8 Å². The van der Waals surface area contributed by atoms with Crippen LogP contribution in [0.4, 0.5) is 0 Å². The van der Waals surface area contributed by atoms with Gasteiger partial charge in [-0.1, -0.05) is 0 Å². The lowest BCUT2D eigenvalue weighted by Crippen LogP contribution is -2.30. The zero-order valence-corrected chi connectivity index (χ0v) is 6.56. The van der Waals surface area contributed by atoms with Gasteiger partial charge in [0.2, 0.25) is 0 Å². The van der Waals surface area contributed by atoms with Crippen molar-refractivity contribution in [2.24, 2.45) is 0 Å². The van der Waals surface area contributed by atoms with Gasteiger partial charge >= 0.3 is 5.97 Å². The van der Waals surface area contributed by atoms with Gasteiger partial charge in [-0.15, -0.1) is 11.8 Å². The third-order valence-corrected chi connectivity index (χ3v) is 2.21. The first-order valence-corrected chi connectivity index (χ1v) is 4.41. The van der Waals surface area contributed by atoms with E-state index in [0.717, 1.165) is 0 Å². The summed E-state index contributed by atoms with van der Waals surface area (Å²) in [6.07, 6.45) is 2.07. The fourth-order valence-electron chi connectivity index (χ4n) is 0.885. The van der Waals surface area contributed by atoms with E-state index in [1.807, 2.05) is 6.26 Å². The van der Waals surface area contributed by atoms with E-state index in [4.69, 9.17) is 9.84 Å². The number of carbonyl (C=O) groups is 1. The first-order valence-electron chi connectivity index (χ1n) is 3.12. The summed E-state index contributed by atoms with van der Waals surface area (Å²) in [5.41, 5.74) is -0.142. The molecule has 2 atom stereocenters. The maximum Gasteiger partial charge on any atom is 0.309 e. The molecule has 0 spiro atoms. The van der Waals surface area contributed by atoms with E-state index in [-0.39, 0.29) is 17.8 Å². The number of cyclic esters (lactones) is 1. The van der Waals surface area contributed by atoms with Gasteiger partial charge in [0.1, 0.15) is 5.44 Å². The van der Waals surface area contributed by atoms with Crippen molar-refractivity contribution in [2.45, 2.75) is 24.4 Å². The van der Waals surface area contributed by atoms with E-state index in [1.165, 1.54) is 11.8 Å². The molecule has 1 N–H and O–H groups in total. The first-order chi connectivity index (χ1) is 4.72. The van der Waals surface area contributed by atoms with Crippen molar-refractivity contribution in [1.82, 2.24) is 0 Å². The van der Waals surface area contributed by atoms with Crippen LogP contribution >= 0.6 is 11.8 Å². The molecule has 0 saturated carbocycles. The van der Waals surface area contributed by atoms with Crippen LogP contribution in [0, 0.1) is 0 Å². The van der Waals surface area contributed by atoms with Gasteiger partial charge in [-0.25, -0.2) is 0 Å². The van der Waals surface area contributed by atoms with E-state index in [0.29, 0.717) is 6.42 Å². The van der Waals surface area contributed by atoms with E-state index in [9.17, 15) is 4.79 Å². The van der Waals surface area contributed by atoms with Gasteiger partial charge in [-0.3, -0.25) is 4.79 Å². The lowest BCUT2D eigenvalue weighted by Gasteiger charge is -2.23. The van der Waals surface area contributed by atoms with Crippen molar-refractivity contribution in [3.05, 3.63) is 0 Å². The third kappa shape index (κ3) is 1.88. The molecule has 0 bridgehead atoms. The summed E-state index contributed by atoms with van der Waals surface area (Å²) in [6.45, 7) is 0. The monoisotopic (exact) mass is 162 g/mol. The van der Waals surface area contributed by atoms with Crippen molar-refractivity contribution in [3.63, 3.8) is 0 Å². The average Bonchev–Trinajstić information content (AvgIpc) is 1.85. The molecule has 4 heteroatoms. The van der Waals surface area contributed by atoms with E-state index < -0.39 is 6.10 Å². The quantitative estimate of drug-likeness (QED) is 0.566. The van der Waals surface area contributed by atoms with Crippen LogP contribution in [-0.4, -0.2) is 28.9 Å². The second kappa shape index (κ2) is 3.25. The Bertz CT molecular complexity index is 137. The minimum atomic E-state index is -0.501. The number of esters is 1. The fourth-order valence-corrected chi connectivity index (χ4v) is 1.50. The SMILES string of the molecule is CSC1CC(O)CC(=O)O1. The smallest absolute Gasteiger partial charge is 0.309 e. The normalized spacial score (nSPS) is 33.6. The molecule has 0 amide bonds. The summed E-state index contributed by atoms with van der Waals surface area (Å²) in [5, 5.41) is 9.07. The number of carbonyl (C=O) groups excluding carboxylic acids is 1. The van der Waals surface area contributed by atoms with E-state index in [2.05, 4.69) is 0 Å². The standard InChI is InChI=1S/C6H10O3S/c1-10-6-3-4(7)2-5(8)9-6/h4,6-7H,2-3H2,1H3. The van der Waals surface area contributed by atoms with Crippen LogP contribution in [0.2, 0.25) is 0 Å². The van der Waals surface area contributed by atoms with Gasteiger partial charge in [0.05, 0.1) is 12.5 Å². The summed E-state index contributed by atoms with van der Waals surface area (Å²) in [5.74, 6) is -0.293. The molecule has 1 aliphatic heterocycles. The van der Waals surface area contributed by atoms with E-state index >= 15 is 0 Å². The predicted octanol–water partition coefficient (Wildman–Crippen LogP) is 0.373. The first kappa shape index (κ1) is 7.88. The number of ether oxygens (including phenoxy) is 1. The Morgan fingerprint density at radius 1 is 1.80 bits per heavy atom. The maximum atomic E-state index is 10.6. The molecule has 3 nitrogen and oxygen atoms in total. The number of hydrogen-bond donors (Lipinski definition) is 1. The van der Waals surface area contributed by atoms with Crippen molar-refractivity contribution in [2.75, 3.05) is 6.26 Å². The molecule has 0 aliphatic carbocycles. The minimum Gasteiger partial charge on any atom is -0.451 e. The second-order valence-electron chi connectivity index (χ2n) is 2.25. The van der Waals surface area contributed by atoms with Crippen molar-refractivity contribution >= 4 is 17.7 Å². The molecule has 1 heterocycles. The average molecular weight is 162 g/mol. The predicted molar refractivity (Wildman–Crippen MR) is 38.6 cm³/mol. The van der Waals surface area contributed by atoms with Crippen molar-refractivity contribution in [3.8, 4) is 0 Å². The fraction of sp³-hybridized carbons (Fsp3) is 0.833. The highest BCUT2D eigenvalue weighted by molar-refractivity contribution is 7.99. The highest BCUT2D eigenvalue weighted by Crippen LogP contribution is 2.21. The molecular formula is C6H10O3S. The Morgan fingerprint density at radius 2 is 2.50 bits per heavy atom. The van der Waals surface area contributed by atoms with Gasteiger partial charge < -0.3 is 9.84 Å². The Hall–Kier alpha value is -0.220. The van der Waals surface area contributed by atoms with Crippen molar-refractivity contribution < 1.29 is 14.6 Å². The number of rotatable bonds is 1. The molecule has 0 aromatic rings. The lowest BCUT2D eigenvalue weighted by atomic mass is 10.1. The van der Waals surface area contributed by atoms with Gasteiger partial charge in [0.15, 0.2) is 0 Å². The summed E-state index contributed by atoms with van der Waals surface area (Å²) < 4.78 is 4.87. The van der Waals surface area contributed by atoms with Crippen LogP contribution in [0.25, 0.3) is 0 Å². The maximum absolute atomic E-state index is 10.6. The molecular weight excluding hydrogens is 152 g/mol. The molecule has 2 unspecified atom stereocenters. The molecule has 1 saturated heterocycles. The minimum absolute atomic E-state index is 0.142. The van der Waals surface area contributed by atoms with Gasteiger partial charge in [-0.2, -0.15) is 0 Å². The third-order valence-electron chi connectivity index (χ3n) is 1.39. The molecule has 0 aromatic heterocycles. The summed E-state index contributed by atoms with van der Waals surface area (Å²) in [4.78, 5) is 10.6. The topological polar surface area (TPSA) is 46.5 Å². The zero-order valence-electron chi connectivity index (χ0n) is 5.74. The largest absolute Gasteiger partial charge is 0.451 e. The second-order valence-corrected chi connectivity index (χ2v) is 3.25. The van der Waals surface area contributed by atoms with Crippen LogP contribution in [0.1, 0.15) is 12.8 Å². The Morgan fingerprint density at radius 3 is 3.00 bits per heavy atom. The molecule has 1 rings (SSSR count). The Kier molecular flexibility index (Phi) is 2.56. The Balaban J connectivity index is 2.42. The summed E-state index contributed by atoms with van der Waals surface area (Å²) in [6, 6.07) is 0. The van der Waals surface area contributed by atoms with Crippen LogP contribution in [0.5, 0.6) is 0 Å². The molecule has 0 aromatic carbocycles.